The van der Waals surface area contributed by atoms with Gasteiger partial charge in [0.05, 0.1) is 6.33 Å². The van der Waals surface area contributed by atoms with E-state index in [9.17, 15) is 14.4 Å². The number of rotatable bonds is 3. The van der Waals surface area contributed by atoms with E-state index in [1.165, 1.54) is 30.8 Å². The highest BCUT2D eigenvalue weighted by Gasteiger charge is 2.18. The summed E-state index contributed by atoms with van der Waals surface area (Å²) in [7, 11) is 2.99. The van der Waals surface area contributed by atoms with Gasteiger partial charge in [-0.25, -0.2) is 9.78 Å². The molecule has 1 aliphatic carbocycles. The van der Waals surface area contributed by atoms with Crippen LogP contribution in [0.5, 0.6) is 0 Å². The van der Waals surface area contributed by atoms with Crippen LogP contribution in [0.2, 0.25) is 0 Å². The van der Waals surface area contributed by atoms with Crippen molar-refractivity contribution in [2.75, 3.05) is 0 Å². The molecule has 1 N–H and O–H groups in total. The fraction of sp³-hybridized carbons (Fsp3) is 0.625. The Morgan fingerprint density at radius 3 is 2.50 bits per heavy atom. The quantitative estimate of drug-likeness (QED) is 0.817. The molecule has 3 rings (SSSR count). The van der Waals surface area contributed by atoms with Crippen LogP contribution in [0, 0.1) is 0 Å². The van der Waals surface area contributed by atoms with E-state index in [-0.39, 0.29) is 24.0 Å². The zero-order valence-corrected chi connectivity index (χ0v) is 14.1. The van der Waals surface area contributed by atoms with Crippen LogP contribution in [-0.2, 0) is 25.4 Å². The van der Waals surface area contributed by atoms with Crippen LogP contribution in [0.4, 0.5) is 0 Å². The number of imidazole rings is 1. The Bertz CT molecular complexity index is 868. The number of nitrogens with one attached hydrogen (secondary N) is 1. The summed E-state index contributed by atoms with van der Waals surface area (Å²) in [5.74, 6) is -0.116. The standard InChI is InChI=1S/C16H23N5O3/c1-19-14-13(15(23)20(2)16(19)24)17-10-21(14)9-12(22)18-11-7-5-3-4-6-8-11/h10-11H,3-9H2,1-2H3,(H,18,22). The van der Waals surface area contributed by atoms with E-state index in [1.807, 2.05) is 0 Å². The molecule has 1 saturated carbocycles. The summed E-state index contributed by atoms with van der Waals surface area (Å²) in [6.45, 7) is 0.0491. The first-order valence-electron chi connectivity index (χ1n) is 8.39. The average Bonchev–Trinajstić information content (AvgIpc) is 2.79. The van der Waals surface area contributed by atoms with Gasteiger partial charge in [-0.2, -0.15) is 0 Å². The molecule has 1 amide bonds. The third-order valence-electron chi connectivity index (χ3n) is 4.74. The van der Waals surface area contributed by atoms with Crippen molar-refractivity contribution < 1.29 is 4.79 Å². The molecule has 8 nitrogen and oxygen atoms in total. The Morgan fingerprint density at radius 2 is 1.83 bits per heavy atom. The molecule has 0 atom stereocenters. The Hall–Kier alpha value is -2.38. The maximum Gasteiger partial charge on any atom is 0.332 e. The lowest BCUT2D eigenvalue weighted by Gasteiger charge is -2.16. The van der Waals surface area contributed by atoms with E-state index < -0.39 is 11.2 Å². The molecule has 2 aromatic rings. The summed E-state index contributed by atoms with van der Waals surface area (Å²) in [5, 5.41) is 3.06. The van der Waals surface area contributed by atoms with Gasteiger partial charge >= 0.3 is 5.69 Å². The number of aryl methyl sites for hydroxylation is 1. The molecular formula is C16H23N5O3. The smallest absolute Gasteiger partial charge is 0.332 e. The van der Waals surface area contributed by atoms with Crippen molar-refractivity contribution in [1.29, 1.82) is 0 Å². The predicted octanol–water partition coefficient (Wildman–Crippen LogP) is 0.273. The van der Waals surface area contributed by atoms with Gasteiger partial charge in [0.2, 0.25) is 5.91 Å². The lowest BCUT2D eigenvalue weighted by Crippen LogP contribution is -2.39. The highest BCUT2D eigenvalue weighted by molar-refractivity contribution is 5.78. The minimum Gasteiger partial charge on any atom is -0.352 e. The molecule has 130 valence electrons. The Kier molecular flexibility index (Phi) is 4.55. The topological polar surface area (TPSA) is 90.9 Å². The first kappa shape index (κ1) is 16.5. The number of carbonyl (C=O) groups excluding carboxylic acids is 1. The fourth-order valence-corrected chi connectivity index (χ4v) is 3.41. The Balaban J connectivity index is 1.84. The molecule has 2 aromatic heterocycles. The highest BCUT2D eigenvalue weighted by Crippen LogP contribution is 2.17. The summed E-state index contributed by atoms with van der Waals surface area (Å²) in [5.41, 5.74) is -0.310. The number of amides is 1. The molecule has 24 heavy (non-hydrogen) atoms. The fourth-order valence-electron chi connectivity index (χ4n) is 3.41. The van der Waals surface area contributed by atoms with Crippen LogP contribution in [0.1, 0.15) is 38.5 Å². The first-order chi connectivity index (χ1) is 11.5. The van der Waals surface area contributed by atoms with Crippen LogP contribution in [0.3, 0.4) is 0 Å². The van der Waals surface area contributed by atoms with Crippen LogP contribution in [-0.4, -0.2) is 30.6 Å². The minimum absolute atomic E-state index is 0.0491. The van der Waals surface area contributed by atoms with Gasteiger partial charge in [0, 0.05) is 20.1 Å². The normalized spacial score (nSPS) is 16.2. The van der Waals surface area contributed by atoms with Gasteiger partial charge in [-0.05, 0) is 12.8 Å². The number of nitrogens with zero attached hydrogens (tertiary/aromatic N) is 4. The largest absolute Gasteiger partial charge is 0.352 e. The SMILES string of the molecule is Cn1c(=O)c2ncn(CC(=O)NC3CCCCCC3)c2n(C)c1=O. The summed E-state index contributed by atoms with van der Waals surface area (Å²) in [6, 6.07) is 0.214. The summed E-state index contributed by atoms with van der Waals surface area (Å²) < 4.78 is 3.93. The van der Waals surface area contributed by atoms with Crippen LogP contribution in [0.25, 0.3) is 11.2 Å². The molecule has 0 bridgehead atoms. The number of hydrogen-bond acceptors (Lipinski definition) is 4. The second-order valence-electron chi connectivity index (χ2n) is 6.51. The van der Waals surface area contributed by atoms with E-state index >= 15 is 0 Å². The summed E-state index contributed by atoms with van der Waals surface area (Å²) >= 11 is 0. The molecule has 0 saturated heterocycles. The zero-order chi connectivity index (χ0) is 17.3. The summed E-state index contributed by atoms with van der Waals surface area (Å²) in [4.78, 5) is 40.6. The second-order valence-corrected chi connectivity index (χ2v) is 6.51. The van der Waals surface area contributed by atoms with Crippen molar-refractivity contribution in [3.63, 3.8) is 0 Å². The first-order valence-corrected chi connectivity index (χ1v) is 8.39. The monoisotopic (exact) mass is 333 g/mol. The molecule has 0 aliphatic heterocycles. The van der Waals surface area contributed by atoms with Crippen molar-refractivity contribution in [2.24, 2.45) is 14.1 Å². The lowest BCUT2D eigenvalue weighted by molar-refractivity contribution is -0.122. The number of fused-ring (bicyclic) bond motifs is 1. The molecule has 1 fully saturated rings. The number of carbonyl (C=O) groups is 1. The second kappa shape index (κ2) is 6.62. The van der Waals surface area contributed by atoms with E-state index in [2.05, 4.69) is 10.3 Å². The van der Waals surface area contributed by atoms with Gasteiger partial charge in [0.15, 0.2) is 5.52 Å². The molecular weight excluding hydrogens is 310 g/mol. The summed E-state index contributed by atoms with van der Waals surface area (Å²) in [6.07, 6.45) is 8.20. The maximum absolute atomic E-state index is 12.4. The molecule has 8 heteroatoms. The van der Waals surface area contributed by atoms with Crippen LogP contribution >= 0.6 is 0 Å². The molecule has 0 radical (unpaired) electrons. The third kappa shape index (κ3) is 3.00. The molecule has 0 spiro atoms. The minimum atomic E-state index is -0.448. The Labute approximate surface area is 139 Å². The Morgan fingerprint density at radius 1 is 1.17 bits per heavy atom. The van der Waals surface area contributed by atoms with Crippen molar-refractivity contribution in [2.45, 2.75) is 51.1 Å². The maximum atomic E-state index is 12.4. The van der Waals surface area contributed by atoms with Gasteiger partial charge in [-0.1, -0.05) is 25.7 Å². The highest BCUT2D eigenvalue weighted by atomic mass is 16.2. The molecule has 1 aliphatic rings. The molecule has 2 heterocycles. The van der Waals surface area contributed by atoms with E-state index in [0.29, 0.717) is 5.65 Å². The van der Waals surface area contributed by atoms with Crippen molar-refractivity contribution >= 4 is 17.1 Å². The average molecular weight is 333 g/mol. The van der Waals surface area contributed by atoms with Gasteiger partial charge in [-0.3, -0.25) is 18.7 Å². The number of hydrogen-bond donors (Lipinski definition) is 1. The molecule has 0 unspecified atom stereocenters. The van der Waals surface area contributed by atoms with Gasteiger partial charge in [0.25, 0.3) is 5.56 Å². The van der Waals surface area contributed by atoms with Gasteiger partial charge in [-0.15, -0.1) is 0 Å². The van der Waals surface area contributed by atoms with Crippen molar-refractivity contribution in [3.05, 3.63) is 27.2 Å². The van der Waals surface area contributed by atoms with Crippen LogP contribution < -0.4 is 16.6 Å². The molecule has 0 aromatic carbocycles. The predicted molar refractivity (Wildman–Crippen MR) is 89.8 cm³/mol. The zero-order valence-electron chi connectivity index (χ0n) is 14.1. The van der Waals surface area contributed by atoms with Gasteiger partial charge < -0.3 is 9.88 Å². The van der Waals surface area contributed by atoms with Crippen molar-refractivity contribution in [1.82, 2.24) is 24.0 Å². The third-order valence-corrected chi connectivity index (χ3v) is 4.74. The number of aromatic nitrogens is 4. The lowest BCUT2D eigenvalue weighted by atomic mass is 10.1. The van der Waals surface area contributed by atoms with E-state index in [0.717, 1.165) is 30.3 Å². The van der Waals surface area contributed by atoms with E-state index in [1.54, 1.807) is 11.6 Å². The van der Waals surface area contributed by atoms with Crippen LogP contribution in [0.15, 0.2) is 15.9 Å². The van der Waals surface area contributed by atoms with E-state index in [4.69, 9.17) is 0 Å². The van der Waals surface area contributed by atoms with Crippen molar-refractivity contribution in [3.8, 4) is 0 Å². The van der Waals surface area contributed by atoms with Gasteiger partial charge in [0.1, 0.15) is 12.2 Å².